The Bertz CT molecular complexity index is 90.2. The molecule has 0 fully saturated rings. The zero-order valence-electron chi connectivity index (χ0n) is 4.32. The summed E-state index contributed by atoms with van der Waals surface area (Å²) >= 11 is 0. The molecule has 0 aliphatic heterocycles. The Kier molecular flexibility index (Phi) is 6.83. The van der Waals surface area contributed by atoms with Crippen molar-refractivity contribution in [3.05, 3.63) is 0 Å². The maximum Gasteiger partial charge on any atom is 0.316 e. The Morgan fingerprint density at radius 1 is 1.12 bits per heavy atom. The molecule has 8 heavy (non-hydrogen) atoms. The van der Waals surface area contributed by atoms with Gasteiger partial charge in [0.25, 0.3) is 0 Å². The van der Waals surface area contributed by atoms with Crippen LogP contribution in [0.15, 0.2) is 0 Å². The Morgan fingerprint density at radius 3 is 1.38 bits per heavy atom. The van der Waals surface area contributed by atoms with Gasteiger partial charge in [0.2, 0.25) is 11.8 Å². The summed E-state index contributed by atoms with van der Waals surface area (Å²) in [5.41, 5.74) is 0. The van der Waals surface area contributed by atoms with E-state index in [0.717, 1.165) is 0 Å². The number of amides is 2. The van der Waals surface area contributed by atoms with Crippen LogP contribution in [-0.4, -0.2) is 34.9 Å². The number of carbonyl (C=O) groups is 2. The van der Waals surface area contributed by atoms with Crippen molar-refractivity contribution < 1.29 is 9.59 Å². The minimum Gasteiger partial charge on any atom is -0.297 e. The first-order valence-electron chi connectivity index (χ1n) is 1.91. The summed E-state index contributed by atoms with van der Waals surface area (Å²) in [6.07, 6.45) is 0. The Balaban J connectivity index is 0. The molecule has 0 aliphatic carbocycles. The lowest BCUT2D eigenvalue weighted by Gasteiger charge is -1.88. The smallest absolute Gasteiger partial charge is 0.297 e. The monoisotopic (exact) mass is 127 g/mol. The van der Waals surface area contributed by atoms with Crippen LogP contribution in [0.2, 0.25) is 0 Å². The molecule has 0 unspecified atom stereocenters. The fraction of sp³-hybridized carbons (Fsp3) is 0.500. The zero-order valence-corrected chi connectivity index (χ0v) is 4.32. The van der Waals surface area contributed by atoms with Gasteiger partial charge in [0.05, 0.1) is 0 Å². The summed E-state index contributed by atoms with van der Waals surface area (Å²) in [5, 5.41) is 2.03. The molecule has 1 N–H and O–H groups in total. The average Bonchev–Trinajstić information content (AvgIpc) is 1.27. The lowest BCUT2D eigenvalue weighted by atomic mass is 10.6. The van der Waals surface area contributed by atoms with Crippen molar-refractivity contribution in [2.45, 2.75) is 13.8 Å². The normalized spacial score (nSPS) is 6.75. The fourth-order valence-electron chi connectivity index (χ4n) is 0.248. The third-order valence-electron chi connectivity index (χ3n) is 0.352. The summed E-state index contributed by atoms with van der Waals surface area (Å²) in [4.78, 5) is 19.8. The molecule has 0 bridgehead atoms. The molecule has 0 spiro atoms. The first-order valence-corrected chi connectivity index (χ1v) is 1.91. The molecular formula is C4H9MgNO2. The van der Waals surface area contributed by atoms with Crippen molar-refractivity contribution in [1.29, 1.82) is 0 Å². The van der Waals surface area contributed by atoms with Crippen LogP contribution < -0.4 is 5.32 Å². The SMILES string of the molecule is CC(=O)NC(C)=O.[MgH2]. The highest BCUT2D eigenvalue weighted by Crippen LogP contribution is 1.58. The van der Waals surface area contributed by atoms with Gasteiger partial charge in [-0.05, 0) is 0 Å². The molecule has 0 atom stereocenters. The molecular weight excluding hydrogens is 118 g/mol. The van der Waals surface area contributed by atoms with Gasteiger partial charge < -0.3 is 0 Å². The summed E-state index contributed by atoms with van der Waals surface area (Å²) < 4.78 is 0. The van der Waals surface area contributed by atoms with Crippen LogP contribution in [0.25, 0.3) is 0 Å². The van der Waals surface area contributed by atoms with Crippen molar-refractivity contribution in [3.8, 4) is 0 Å². The molecule has 0 radical (unpaired) electrons. The molecule has 0 aromatic carbocycles. The van der Waals surface area contributed by atoms with Crippen molar-refractivity contribution in [3.63, 3.8) is 0 Å². The van der Waals surface area contributed by atoms with E-state index in [4.69, 9.17) is 0 Å². The Labute approximate surface area is 64.0 Å². The van der Waals surface area contributed by atoms with Gasteiger partial charge in [-0.2, -0.15) is 0 Å². The Hall–Kier alpha value is -0.0938. The lowest BCUT2D eigenvalue weighted by molar-refractivity contribution is -0.127. The predicted molar refractivity (Wildman–Crippen MR) is 33.0 cm³/mol. The van der Waals surface area contributed by atoms with Crippen LogP contribution in [0.4, 0.5) is 0 Å². The number of imide groups is 1. The van der Waals surface area contributed by atoms with Crippen molar-refractivity contribution in [2.75, 3.05) is 0 Å². The first kappa shape index (κ1) is 10.8. The minimum atomic E-state index is -0.312. The third-order valence-corrected chi connectivity index (χ3v) is 0.352. The van der Waals surface area contributed by atoms with Gasteiger partial charge in [-0.3, -0.25) is 14.9 Å². The molecule has 44 valence electrons. The van der Waals surface area contributed by atoms with E-state index in [1.165, 1.54) is 13.8 Å². The molecule has 0 rings (SSSR count). The standard InChI is InChI=1S/C4H7NO2.Mg.2H/c1-3(6)5-4(2)7;;;/h1-2H3,(H,5,6,7);;;. The lowest BCUT2D eigenvalue weighted by Crippen LogP contribution is -2.24. The number of carbonyl (C=O) groups excluding carboxylic acids is 2. The van der Waals surface area contributed by atoms with Gasteiger partial charge in [-0.15, -0.1) is 0 Å². The molecule has 0 aromatic heterocycles. The van der Waals surface area contributed by atoms with Crippen LogP contribution in [0, 0.1) is 0 Å². The van der Waals surface area contributed by atoms with Crippen molar-refractivity contribution >= 4 is 34.9 Å². The number of hydrogen-bond acceptors (Lipinski definition) is 2. The van der Waals surface area contributed by atoms with E-state index >= 15 is 0 Å². The van der Waals surface area contributed by atoms with Crippen molar-refractivity contribution in [1.82, 2.24) is 5.32 Å². The van der Waals surface area contributed by atoms with Gasteiger partial charge in [0, 0.05) is 13.8 Å². The highest BCUT2D eigenvalue weighted by molar-refractivity contribution is 5.92. The van der Waals surface area contributed by atoms with E-state index in [2.05, 4.69) is 0 Å². The summed E-state index contributed by atoms with van der Waals surface area (Å²) in [6.45, 7) is 2.59. The average molecular weight is 127 g/mol. The topological polar surface area (TPSA) is 46.2 Å². The van der Waals surface area contributed by atoms with E-state index in [9.17, 15) is 9.59 Å². The predicted octanol–water partition coefficient (Wildman–Crippen LogP) is -1.25. The summed E-state index contributed by atoms with van der Waals surface area (Å²) in [5.74, 6) is -0.625. The number of hydrogen-bond donors (Lipinski definition) is 1. The molecule has 0 aromatic rings. The van der Waals surface area contributed by atoms with Gasteiger partial charge in [-0.1, -0.05) is 0 Å². The maximum absolute atomic E-state index is 9.92. The quantitative estimate of drug-likeness (QED) is 0.414. The van der Waals surface area contributed by atoms with Crippen LogP contribution in [0.3, 0.4) is 0 Å². The first-order chi connectivity index (χ1) is 3.13. The number of rotatable bonds is 0. The second-order valence-electron chi connectivity index (χ2n) is 1.24. The maximum atomic E-state index is 9.92. The molecule has 0 saturated carbocycles. The van der Waals surface area contributed by atoms with E-state index in [-0.39, 0.29) is 34.9 Å². The Morgan fingerprint density at radius 2 is 1.38 bits per heavy atom. The molecule has 2 amide bonds. The molecule has 3 nitrogen and oxygen atoms in total. The summed E-state index contributed by atoms with van der Waals surface area (Å²) in [6, 6.07) is 0. The second-order valence-corrected chi connectivity index (χ2v) is 1.24. The van der Waals surface area contributed by atoms with E-state index in [1.807, 2.05) is 5.32 Å². The van der Waals surface area contributed by atoms with Gasteiger partial charge in [0.15, 0.2) is 0 Å². The van der Waals surface area contributed by atoms with Crippen LogP contribution in [0.1, 0.15) is 13.8 Å². The highest BCUT2D eigenvalue weighted by Gasteiger charge is 1.90. The van der Waals surface area contributed by atoms with Crippen LogP contribution >= 0.6 is 0 Å². The molecule has 4 heteroatoms. The van der Waals surface area contributed by atoms with Gasteiger partial charge in [0.1, 0.15) is 0 Å². The molecule has 0 saturated heterocycles. The van der Waals surface area contributed by atoms with E-state index in [0.29, 0.717) is 0 Å². The van der Waals surface area contributed by atoms with Crippen LogP contribution in [0.5, 0.6) is 0 Å². The fourth-order valence-corrected chi connectivity index (χ4v) is 0.248. The molecule has 0 aliphatic rings. The van der Waals surface area contributed by atoms with E-state index in [1.54, 1.807) is 0 Å². The van der Waals surface area contributed by atoms with Crippen molar-refractivity contribution in [2.24, 2.45) is 0 Å². The minimum absolute atomic E-state index is 0. The second kappa shape index (κ2) is 5.05. The van der Waals surface area contributed by atoms with Gasteiger partial charge >= 0.3 is 23.1 Å². The molecule has 0 heterocycles. The highest BCUT2D eigenvalue weighted by atomic mass is 24.3. The third kappa shape index (κ3) is 9.32. The summed E-state index contributed by atoms with van der Waals surface area (Å²) in [7, 11) is 0. The number of nitrogens with one attached hydrogen (secondary N) is 1. The van der Waals surface area contributed by atoms with E-state index < -0.39 is 0 Å². The van der Waals surface area contributed by atoms with Crippen LogP contribution in [-0.2, 0) is 9.59 Å². The largest absolute Gasteiger partial charge is 0.316 e. The zero-order chi connectivity index (χ0) is 5.86. The van der Waals surface area contributed by atoms with Gasteiger partial charge in [-0.25, -0.2) is 0 Å².